The number of rotatable bonds is 2. The first-order chi connectivity index (χ1) is 9.29. The molecule has 6 nitrogen and oxygen atoms in total. The molecule has 0 atom stereocenters. The molecule has 102 valence electrons. The van der Waals surface area contributed by atoms with Crippen molar-refractivity contribution in [1.29, 1.82) is 0 Å². The number of morpholine rings is 1. The predicted molar refractivity (Wildman–Crippen MR) is 69.2 cm³/mol. The fourth-order valence-electron chi connectivity index (χ4n) is 2.48. The van der Waals surface area contributed by atoms with Crippen LogP contribution >= 0.6 is 0 Å². The lowest BCUT2D eigenvalue weighted by Crippen LogP contribution is -2.38. The van der Waals surface area contributed by atoms with Gasteiger partial charge in [0.05, 0.1) is 26.0 Å². The zero-order valence-electron chi connectivity index (χ0n) is 10.9. The first kappa shape index (κ1) is 12.4. The van der Waals surface area contributed by atoms with Gasteiger partial charge in [-0.3, -0.25) is 0 Å². The van der Waals surface area contributed by atoms with Gasteiger partial charge >= 0.3 is 5.97 Å². The van der Waals surface area contributed by atoms with Crippen LogP contribution in [0.15, 0.2) is 6.07 Å². The first-order valence-electron chi connectivity index (χ1n) is 6.44. The monoisotopic (exact) mass is 263 g/mol. The first-order valence-corrected chi connectivity index (χ1v) is 6.44. The second kappa shape index (κ2) is 5.14. The average molecular weight is 263 g/mol. The maximum absolute atomic E-state index is 11.9. The van der Waals surface area contributed by atoms with E-state index < -0.39 is 0 Å². The van der Waals surface area contributed by atoms with E-state index in [1.54, 1.807) is 0 Å². The van der Waals surface area contributed by atoms with Crippen molar-refractivity contribution in [1.82, 2.24) is 10.3 Å². The van der Waals surface area contributed by atoms with E-state index in [-0.39, 0.29) is 5.97 Å². The summed E-state index contributed by atoms with van der Waals surface area (Å²) < 4.78 is 10.2. The summed E-state index contributed by atoms with van der Waals surface area (Å²) in [5.41, 5.74) is 2.65. The van der Waals surface area contributed by atoms with Crippen LogP contribution in [0.3, 0.4) is 0 Å². The van der Waals surface area contributed by atoms with Crippen molar-refractivity contribution in [2.45, 2.75) is 13.1 Å². The van der Waals surface area contributed by atoms with Gasteiger partial charge in [0.2, 0.25) is 0 Å². The number of pyridine rings is 1. The molecule has 0 saturated carbocycles. The van der Waals surface area contributed by atoms with Gasteiger partial charge < -0.3 is 19.7 Å². The van der Waals surface area contributed by atoms with Crippen LogP contribution in [0, 0.1) is 0 Å². The Balaban J connectivity index is 2.02. The summed E-state index contributed by atoms with van der Waals surface area (Å²) in [5, 5.41) is 3.24. The summed E-state index contributed by atoms with van der Waals surface area (Å²) in [5.74, 6) is 0.390. The third kappa shape index (κ3) is 2.29. The zero-order chi connectivity index (χ0) is 13.2. The van der Waals surface area contributed by atoms with Gasteiger partial charge in [0, 0.05) is 26.2 Å². The molecule has 6 heteroatoms. The van der Waals surface area contributed by atoms with Crippen LogP contribution in [0.25, 0.3) is 0 Å². The Morgan fingerprint density at radius 1 is 1.42 bits per heavy atom. The van der Waals surface area contributed by atoms with Crippen LogP contribution in [0.5, 0.6) is 0 Å². The van der Waals surface area contributed by atoms with Crippen molar-refractivity contribution in [3.63, 3.8) is 0 Å². The molecule has 0 aliphatic carbocycles. The Labute approximate surface area is 111 Å². The normalized spacial score (nSPS) is 18.3. The second-order valence-corrected chi connectivity index (χ2v) is 4.66. The molecule has 2 aliphatic heterocycles. The molecule has 1 aromatic rings. The number of nitrogens with zero attached hydrogens (tertiary/aromatic N) is 2. The van der Waals surface area contributed by atoms with Gasteiger partial charge in [0.15, 0.2) is 0 Å². The van der Waals surface area contributed by atoms with Gasteiger partial charge in [-0.2, -0.15) is 0 Å². The van der Waals surface area contributed by atoms with E-state index in [4.69, 9.17) is 9.47 Å². The molecule has 0 spiro atoms. The molecule has 0 radical (unpaired) electrons. The standard InChI is InChI=1S/C13H17N3O3/c1-18-13(17)10-6-9-7-14-8-11(9)15-12(10)16-2-4-19-5-3-16/h6,14H,2-5,7-8H2,1H3. The van der Waals surface area contributed by atoms with Crippen molar-refractivity contribution in [3.8, 4) is 0 Å². The van der Waals surface area contributed by atoms with Crippen molar-refractivity contribution in [3.05, 3.63) is 22.9 Å². The number of fused-ring (bicyclic) bond motifs is 1. The van der Waals surface area contributed by atoms with Gasteiger partial charge in [0.25, 0.3) is 0 Å². The highest BCUT2D eigenvalue weighted by Crippen LogP contribution is 2.25. The molecule has 1 N–H and O–H groups in total. The number of aromatic nitrogens is 1. The molecule has 19 heavy (non-hydrogen) atoms. The third-order valence-electron chi connectivity index (χ3n) is 3.49. The molecule has 0 amide bonds. The maximum Gasteiger partial charge on any atom is 0.341 e. The summed E-state index contributed by atoms with van der Waals surface area (Å²) in [6.07, 6.45) is 0. The number of hydrogen-bond acceptors (Lipinski definition) is 6. The van der Waals surface area contributed by atoms with Gasteiger partial charge in [0.1, 0.15) is 11.4 Å². The van der Waals surface area contributed by atoms with E-state index in [0.29, 0.717) is 18.8 Å². The summed E-state index contributed by atoms with van der Waals surface area (Å²) >= 11 is 0. The number of carbonyl (C=O) groups excluding carboxylic acids is 1. The van der Waals surface area contributed by atoms with Crippen LogP contribution in [-0.2, 0) is 22.6 Å². The third-order valence-corrected chi connectivity index (χ3v) is 3.49. The van der Waals surface area contributed by atoms with E-state index in [2.05, 4.69) is 15.2 Å². The molecule has 0 aromatic carbocycles. The van der Waals surface area contributed by atoms with Gasteiger partial charge in [-0.25, -0.2) is 9.78 Å². The summed E-state index contributed by atoms with van der Waals surface area (Å²) in [7, 11) is 1.40. The summed E-state index contributed by atoms with van der Waals surface area (Å²) in [4.78, 5) is 18.7. The predicted octanol–water partition coefficient (Wildman–Crippen LogP) is 0.308. The second-order valence-electron chi connectivity index (χ2n) is 4.66. The number of ether oxygens (including phenoxy) is 2. The fraction of sp³-hybridized carbons (Fsp3) is 0.538. The maximum atomic E-state index is 11.9. The Kier molecular flexibility index (Phi) is 3.35. The summed E-state index contributed by atoms with van der Waals surface area (Å²) in [6.45, 7) is 4.35. The largest absolute Gasteiger partial charge is 0.465 e. The summed E-state index contributed by atoms with van der Waals surface area (Å²) in [6, 6.07) is 1.90. The lowest BCUT2D eigenvalue weighted by atomic mass is 10.1. The van der Waals surface area contributed by atoms with Crippen molar-refractivity contribution < 1.29 is 14.3 Å². The van der Waals surface area contributed by atoms with Crippen LogP contribution < -0.4 is 10.2 Å². The van der Waals surface area contributed by atoms with Crippen molar-refractivity contribution >= 4 is 11.8 Å². The highest BCUT2D eigenvalue weighted by Gasteiger charge is 2.24. The van der Waals surface area contributed by atoms with E-state index in [9.17, 15) is 4.79 Å². The number of carbonyl (C=O) groups is 1. The van der Waals surface area contributed by atoms with Gasteiger partial charge in [-0.05, 0) is 11.6 Å². The molecule has 1 fully saturated rings. The zero-order valence-corrected chi connectivity index (χ0v) is 10.9. The molecule has 3 rings (SSSR count). The topological polar surface area (TPSA) is 63.7 Å². The minimum Gasteiger partial charge on any atom is -0.465 e. The van der Waals surface area contributed by atoms with E-state index in [0.717, 1.165) is 43.3 Å². The van der Waals surface area contributed by atoms with E-state index in [1.807, 2.05) is 6.07 Å². The van der Waals surface area contributed by atoms with Crippen LogP contribution in [0.1, 0.15) is 21.6 Å². The molecule has 3 heterocycles. The lowest BCUT2D eigenvalue weighted by Gasteiger charge is -2.29. The van der Waals surface area contributed by atoms with Crippen LogP contribution in [0.4, 0.5) is 5.82 Å². The Hall–Kier alpha value is -1.66. The molecule has 0 unspecified atom stereocenters. The highest BCUT2D eigenvalue weighted by molar-refractivity contribution is 5.95. The number of hydrogen-bond donors (Lipinski definition) is 1. The molecule has 2 aliphatic rings. The molecule has 1 aromatic heterocycles. The quantitative estimate of drug-likeness (QED) is 0.775. The molecule has 0 bridgehead atoms. The highest BCUT2D eigenvalue weighted by atomic mass is 16.5. The lowest BCUT2D eigenvalue weighted by molar-refractivity contribution is 0.0599. The Morgan fingerprint density at radius 3 is 2.95 bits per heavy atom. The Morgan fingerprint density at radius 2 is 2.21 bits per heavy atom. The fourth-order valence-corrected chi connectivity index (χ4v) is 2.48. The van der Waals surface area contributed by atoms with Crippen molar-refractivity contribution in [2.75, 3.05) is 38.3 Å². The van der Waals surface area contributed by atoms with Gasteiger partial charge in [-0.1, -0.05) is 0 Å². The minimum absolute atomic E-state index is 0.330. The number of esters is 1. The van der Waals surface area contributed by atoms with Crippen LogP contribution in [0.2, 0.25) is 0 Å². The molecular formula is C13H17N3O3. The Bertz CT molecular complexity index is 498. The van der Waals surface area contributed by atoms with E-state index >= 15 is 0 Å². The number of nitrogens with one attached hydrogen (secondary N) is 1. The molecule has 1 saturated heterocycles. The van der Waals surface area contributed by atoms with Gasteiger partial charge in [-0.15, -0.1) is 0 Å². The van der Waals surface area contributed by atoms with E-state index in [1.165, 1.54) is 7.11 Å². The van der Waals surface area contributed by atoms with Crippen molar-refractivity contribution in [2.24, 2.45) is 0 Å². The van der Waals surface area contributed by atoms with Crippen LogP contribution in [-0.4, -0.2) is 44.4 Å². The number of methoxy groups -OCH3 is 1. The number of anilines is 1. The SMILES string of the molecule is COC(=O)c1cc2c(nc1N1CCOCC1)CNC2. The molecular weight excluding hydrogens is 246 g/mol. The smallest absolute Gasteiger partial charge is 0.341 e. The minimum atomic E-state index is -0.330. The average Bonchev–Trinajstić information content (AvgIpc) is 2.93.